The minimum absolute atomic E-state index is 0.00907. The predicted molar refractivity (Wildman–Crippen MR) is 43.4 cm³/mol. The molecule has 0 saturated carbocycles. The highest BCUT2D eigenvalue weighted by molar-refractivity contribution is 5.86. The highest BCUT2D eigenvalue weighted by atomic mass is 16.2. The smallest absolute Gasteiger partial charge is 0.321 e. The molecule has 0 atom stereocenters. The summed E-state index contributed by atoms with van der Waals surface area (Å²) in [4.78, 5) is 26.8. The molecule has 0 unspecified atom stereocenters. The van der Waals surface area contributed by atoms with Crippen LogP contribution in [0.5, 0.6) is 0 Å². The molecule has 0 spiro atoms. The third-order valence-electron chi connectivity index (χ3n) is 1.79. The molecule has 5 nitrogen and oxygen atoms in total. The topological polar surface area (TPSA) is 43.9 Å². The molecule has 1 rings (SSSR count). The van der Waals surface area contributed by atoms with Gasteiger partial charge in [0, 0.05) is 21.1 Å². The van der Waals surface area contributed by atoms with E-state index in [4.69, 9.17) is 0 Å². The zero-order valence-electron chi connectivity index (χ0n) is 7.57. The Hall–Kier alpha value is -1.26. The van der Waals surface area contributed by atoms with Crippen molar-refractivity contribution < 1.29 is 9.59 Å². The Balaban J connectivity index is 2.57. The summed E-state index contributed by atoms with van der Waals surface area (Å²) in [5.41, 5.74) is 0. The Bertz CT molecular complexity index is 215. The van der Waals surface area contributed by atoms with E-state index in [0.717, 1.165) is 0 Å². The summed E-state index contributed by atoms with van der Waals surface area (Å²) < 4.78 is 0. The number of carbonyl (C=O) groups excluding carboxylic acids is 2. The lowest BCUT2D eigenvalue weighted by Crippen LogP contribution is -2.38. The predicted octanol–water partition coefficient (Wildman–Crippen LogP) is -0.601. The first kappa shape index (κ1) is 8.83. The molecule has 0 radical (unpaired) electrons. The molecule has 3 amide bonds. The molecule has 0 aromatic heterocycles. The van der Waals surface area contributed by atoms with Gasteiger partial charge in [-0.1, -0.05) is 0 Å². The zero-order chi connectivity index (χ0) is 9.30. The summed E-state index contributed by atoms with van der Waals surface area (Å²) in [6.07, 6.45) is 0. The minimum atomic E-state index is -0.118. The van der Waals surface area contributed by atoms with Crippen LogP contribution in [-0.4, -0.2) is 61.0 Å². The standard InChI is InChI=1S/C7H13N3O2/c1-8(2)7(12)10-4-6(11)9(3)5-10/h4-5H2,1-3H3. The molecule has 0 N–H and O–H groups in total. The van der Waals surface area contributed by atoms with E-state index < -0.39 is 0 Å². The number of carbonyl (C=O) groups is 2. The Morgan fingerprint density at radius 2 is 2.08 bits per heavy atom. The molecule has 12 heavy (non-hydrogen) atoms. The molecular formula is C7H13N3O2. The number of hydrogen-bond acceptors (Lipinski definition) is 2. The quantitative estimate of drug-likeness (QED) is 0.488. The normalized spacial score (nSPS) is 17.1. The molecule has 1 fully saturated rings. The fraction of sp³-hybridized carbons (Fsp3) is 0.714. The average molecular weight is 171 g/mol. The van der Waals surface area contributed by atoms with E-state index in [1.54, 1.807) is 21.1 Å². The summed E-state index contributed by atoms with van der Waals surface area (Å²) >= 11 is 0. The van der Waals surface area contributed by atoms with Gasteiger partial charge >= 0.3 is 6.03 Å². The second kappa shape index (κ2) is 3.00. The van der Waals surface area contributed by atoms with Crippen molar-refractivity contribution in [1.29, 1.82) is 0 Å². The molecule has 0 aromatic carbocycles. The van der Waals surface area contributed by atoms with Crippen molar-refractivity contribution in [3.8, 4) is 0 Å². The summed E-state index contributed by atoms with van der Waals surface area (Å²) in [5, 5.41) is 0. The van der Waals surface area contributed by atoms with Crippen molar-refractivity contribution in [3.63, 3.8) is 0 Å². The zero-order valence-corrected chi connectivity index (χ0v) is 7.57. The van der Waals surface area contributed by atoms with Crippen molar-refractivity contribution in [1.82, 2.24) is 14.7 Å². The molecule has 0 bridgehead atoms. The lowest BCUT2D eigenvalue weighted by atomic mass is 10.6. The van der Waals surface area contributed by atoms with Crippen LogP contribution in [0.2, 0.25) is 0 Å². The second-order valence-corrected chi connectivity index (χ2v) is 3.11. The van der Waals surface area contributed by atoms with Crippen molar-refractivity contribution >= 4 is 11.9 Å². The number of likely N-dealkylation sites (N-methyl/N-ethyl adjacent to an activating group) is 1. The third kappa shape index (κ3) is 1.49. The van der Waals surface area contributed by atoms with Gasteiger partial charge in [-0.2, -0.15) is 0 Å². The van der Waals surface area contributed by atoms with Gasteiger partial charge in [0.15, 0.2) is 0 Å². The highest BCUT2D eigenvalue weighted by Gasteiger charge is 2.28. The van der Waals surface area contributed by atoms with E-state index >= 15 is 0 Å². The van der Waals surface area contributed by atoms with Gasteiger partial charge < -0.3 is 9.80 Å². The Morgan fingerprint density at radius 1 is 1.50 bits per heavy atom. The lowest BCUT2D eigenvalue weighted by Gasteiger charge is -2.19. The van der Waals surface area contributed by atoms with E-state index in [9.17, 15) is 9.59 Å². The van der Waals surface area contributed by atoms with Gasteiger partial charge in [-0.3, -0.25) is 9.69 Å². The fourth-order valence-electron chi connectivity index (χ4n) is 1.08. The minimum Gasteiger partial charge on any atom is -0.331 e. The first-order chi connectivity index (χ1) is 5.52. The maximum Gasteiger partial charge on any atom is 0.321 e. The van der Waals surface area contributed by atoms with Crippen LogP contribution in [-0.2, 0) is 4.79 Å². The molecular weight excluding hydrogens is 158 g/mol. The SMILES string of the molecule is CN(C)C(=O)N1CC(=O)N(C)C1. The largest absolute Gasteiger partial charge is 0.331 e. The summed E-state index contributed by atoms with van der Waals surface area (Å²) in [6.45, 7) is 0.601. The molecule has 68 valence electrons. The van der Waals surface area contributed by atoms with Crippen LogP contribution in [0, 0.1) is 0 Å². The molecule has 1 heterocycles. The van der Waals surface area contributed by atoms with Gasteiger partial charge in [0.05, 0.1) is 6.67 Å². The summed E-state index contributed by atoms with van der Waals surface area (Å²) in [7, 11) is 5.03. The number of rotatable bonds is 0. The van der Waals surface area contributed by atoms with Crippen LogP contribution < -0.4 is 0 Å². The average Bonchev–Trinajstić information content (AvgIpc) is 2.30. The van der Waals surface area contributed by atoms with E-state index in [0.29, 0.717) is 6.67 Å². The number of nitrogens with zero attached hydrogens (tertiary/aromatic N) is 3. The maximum atomic E-state index is 11.3. The molecule has 1 aliphatic heterocycles. The third-order valence-corrected chi connectivity index (χ3v) is 1.79. The van der Waals surface area contributed by atoms with Crippen LogP contribution in [0.4, 0.5) is 4.79 Å². The van der Waals surface area contributed by atoms with Crippen molar-refractivity contribution in [3.05, 3.63) is 0 Å². The van der Waals surface area contributed by atoms with Crippen LogP contribution in [0.15, 0.2) is 0 Å². The summed E-state index contributed by atoms with van der Waals surface area (Å²) in [5.74, 6) is -0.00907. The summed E-state index contributed by atoms with van der Waals surface area (Å²) in [6, 6.07) is -0.118. The van der Waals surface area contributed by atoms with E-state index in [1.807, 2.05) is 0 Å². The van der Waals surface area contributed by atoms with Crippen LogP contribution in [0.3, 0.4) is 0 Å². The van der Waals surface area contributed by atoms with Gasteiger partial charge in [-0.25, -0.2) is 4.79 Å². The Kier molecular flexibility index (Phi) is 2.21. The monoisotopic (exact) mass is 171 g/mol. The lowest BCUT2D eigenvalue weighted by molar-refractivity contribution is -0.125. The first-order valence-electron chi connectivity index (χ1n) is 3.72. The Morgan fingerprint density at radius 3 is 2.42 bits per heavy atom. The van der Waals surface area contributed by atoms with Crippen LogP contribution in [0.1, 0.15) is 0 Å². The molecule has 5 heteroatoms. The van der Waals surface area contributed by atoms with Gasteiger partial charge in [-0.05, 0) is 0 Å². The van der Waals surface area contributed by atoms with Gasteiger partial charge in [-0.15, -0.1) is 0 Å². The van der Waals surface area contributed by atoms with Crippen molar-refractivity contribution in [2.75, 3.05) is 34.4 Å². The van der Waals surface area contributed by atoms with Crippen LogP contribution >= 0.6 is 0 Å². The van der Waals surface area contributed by atoms with Crippen molar-refractivity contribution in [2.24, 2.45) is 0 Å². The van der Waals surface area contributed by atoms with Gasteiger partial charge in [0.2, 0.25) is 5.91 Å². The molecule has 1 aliphatic rings. The Labute approximate surface area is 71.5 Å². The first-order valence-corrected chi connectivity index (χ1v) is 3.72. The second-order valence-electron chi connectivity index (χ2n) is 3.11. The van der Waals surface area contributed by atoms with Gasteiger partial charge in [0.1, 0.15) is 6.54 Å². The van der Waals surface area contributed by atoms with E-state index in [2.05, 4.69) is 0 Å². The number of urea groups is 1. The molecule has 1 saturated heterocycles. The van der Waals surface area contributed by atoms with E-state index in [1.165, 1.54) is 14.7 Å². The van der Waals surface area contributed by atoms with Crippen LogP contribution in [0.25, 0.3) is 0 Å². The maximum absolute atomic E-state index is 11.3. The van der Waals surface area contributed by atoms with E-state index in [-0.39, 0.29) is 18.5 Å². The molecule has 0 aromatic rings. The highest BCUT2D eigenvalue weighted by Crippen LogP contribution is 2.05. The molecule has 0 aliphatic carbocycles. The van der Waals surface area contributed by atoms with Gasteiger partial charge in [0.25, 0.3) is 0 Å². The van der Waals surface area contributed by atoms with Crippen molar-refractivity contribution in [2.45, 2.75) is 0 Å². The fourth-order valence-corrected chi connectivity index (χ4v) is 1.08. The number of hydrogen-bond donors (Lipinski definition) is 0. The number of amides is 3.